The van der Waals surface area contributed by atoms with Gasteiger partial charge in [-0.3, -0.25) is 0 Å². The van der Waals surface area contributed by atoms with Crippen molar-refractivity contribution in [3.05, 3.63) is 65.7 Å². The van der Waals surface area contributed by atoms with Gasteiger partial charge < -0.3 is 14.9 Å². The highest BCUT2D eigenvalue weighted by atomic mass is 19.1. The zero-order valence-corrected chi connectivity index (χ0v) is 11.7. The van der Waals surface area contributed by atoms with Gasteiger partial charge in [-0.1, -0.05) is 12.1 Å². The lowest BCUT2D eigenvalue weighted by molar-refractivity contribution is 0.340. The highest BCUT2D eigenvalue weighted by Gasteiger charge is 2.14. The molecule has 0 amide bonds. The number of rotatable bonds is 4. The van der Waals surface area contributed by atoms with Crippen molar-refractivity contribution < 1.29 is 13.5 Å². The van der Waals surface area contributed by atoms with Gasteiger partial charge in [-0.25, -0.2) is 4.39 Å². The Hall–Kier alpha value is -2.33. The second-order valence-corrected chi connectivity index (χ2v) is 4.81. The highest BCUT2D eigenvalue weighted by molar-refractivity contribution is 5.78. The summed E-state index contributed by atoms with van der Waals surface area (Å²) in [4.78, 5) is 0. The van der Waals surface area contributed by atoms with Crippen LogP contribution in [0, 0.1) is 5.82 Å². The quantitative estimate of drug-likeness (QED) is 0.787. The van der Waals surface area contributed by atoms with Crippen LogP contribution in [0.5, 0.6) is 5.75 Å². The smallest absolute Gasteiger partial charge is 0.134 e. The Labute approximate surface area is 122 Å². The van der Waals surface area contributed by atoms with Gasteiger partial charge in [-0.15, -0.1) is 0 Å². The molecule has 0 aliphatic rings. The van der Waals surface area contributed by atoms with Crippen LogP contribution in [0.15, 0.2) is 52.9 Å². The number of hydrogen-bond donors (Lipinski definition) is 1. The SMILES string of the molecule is CCOc1ccc(C(N)c2cc3cc(F)ccc3o2)cc1. The molecule has 0 radical (unpaired) electrons. The molecule has 0 fully saturated rings. The van der Waals surface area contributed by atoms with Crippen molar-refractivity contribution in [3.8, 4) is 5.75 Å². The van der Waals surface area contributed by atoms with Gasteiger partial charge in [-0.05, 0) is 48.9 Å². The summed E-state index contributed by atoms with van der Waals surface area (Å²) in [6, 6.07) is 13.4. The van der Waals surface area contributed by atoms with E-state index in [1.807, 2.05) is 31.2 Å². The van der Waals surface area contributed by atoms with Gasteiger partial charge in [-0.2, -0.15) is 0 Å². The molecule has 21 heavy (non-hydrogen) atoms. The largest absolute Gasteiger partial charge is 0.494 e. The lowest BCUT2D eigenvalue weighted by Crippen LogP contribution is -2.10. The summed E-state index contributed by atoms with van der Waals surface area (Å²) in [5.41, 5.74) is 7.76. The van der Waals surface area contributed by atoms with Crippen molar-refractivity contribution in [1.29, 1.82) is 0 Å². The molecule has 4 heteroatoms. The van der Waals surface area contributed by atoms with E-state index < -0.39 is 6.04 Å². The zero-order chi connectivity index (χ0) is 14.8. The number of ether oxygens (including phenoxy) is 1. The number of fused-ring (bicyclic) bond motifs is 1. The topological polar surface area (TPSA) is 48.4 Å². The summed E-state index contributed by atoms with van der Waals surface area (Å²) >= 11 is 0. The van der Waals surface area contributed by atoms with Gasteiger partial charge in [0.05, 0.1) is 12.6 Å². The monoisotopic (exact) mass is 285 g/mol. The van der Waals surface area contributed by atoms with Crippen molar-refractivity contribution in [1.82, 2.24) is 0 Å². The van der Waals surface area contributed by atoms with E-state index in [4.69, 9.17) is 14.9 Å². The molecular formula is C17H16FNO2. The van der Waals surface area contributed by atoms with Crippen LogP contribution in [0.3, 0.4) is 0 Å². The molecule has 0 bridgehead atoms. The standard InChI is InChI=1S/C17H16FNO2/c1-2-20-14-6-3-11(4-7-14)17(19)16-10-12-9-13(18)5-8-15(12)21-16/h3-10,17H,2,19H2,1H3. The van der Waals surface area contributed by atoms with Crippen LogP contribution in [0.4, 0.5) is 4.39 Å². The van der Waals surface area contributed by atoms with Gasteiger partial charge in [0.15, 0.2) is 0 Å². The molecule has 2 N–H and O–H groups in total. The average Bonchev–Trinajstić information content (AvgIpc) is 2.90. The first-order valence-electron chi connectivity index (χ1n) is 6.84. The number of benzene rings is 2. The number of nitrogens with two attached hydrogens (primary N) is 1. The van der Waals surface area contributed by atoms with Gasteiger partial charge in [0.1, 0.15) is 22.9 Å². The molecule has 0 saturated heterocycles. The zero-order valence-electron chi connectivity index (χ0n) is 11.7. The summed E-state index contributed by atoms with van der Waals surface area (Å²) in [5.74, 6) is 1.13. The third-order valence-corrected chi connectivity index (χ3v) is 3.35. The summed E-state index contributed by atoms with van der Waals surface area (Å²) in [6.45, 7) is 2.56. The molecule has 1 aromatic heterocycles. The van der Waals surface area contributed by atoms with Crippen LogP contribution in [0.25, 0.3) is 11.0 Å². The van der Waals surface area contributed by atoms with E-state index in [1.165, 1.54) is 12.1 Å². The highest BCUT2D eigenvalue weighted by Crippen LogP contribution is 2.28. The van der Waals surface area contributed by atoms with E-state index >= 15 is 0 Å². The molecule has 3 aromatic rings. The Balaban J connectivity index is 1.90. The first-order valence-corrected chi connectivity index (χ1v) is 6.84. The van der Waals surface area contributed by atoms with Crippen molar-refractivity contribution in [2.75, 3.05) is 6.61 Å². The van der Waals surface area contributed by atoms with E-state index in [1.54, 1.807) is 12.1 Å². The normalized spacial score (nSPS) is 12.5. The second kappa shape index (κ2) is 5.58. The lowest BCUT2D eigenvalue weighted by Gasteiger charge is -2.10. The fourth-order valence-corrected chi connectivity index (χ4v) is 2.29. The summed E-state index contributed by atoms with van der Waals surface area (Å²) in [7, 11) is 0. The van der Waals surface area contributed by atoms with Crippen molar-refractivity contribution in [2.45, 2.75) is 13.0 Å². The van der Waals surface area contributed by atoms with Crippen molar-refractivity contribution in [3.63, 3.8) is 0 Å². The van der Waals surface area contributed by atoms with Gasteiger partial charge in [0.25, 0.3) is 0 Å². The molecule has 0 saturated carbocycles. The molecule has 0 spiro atoms. The maximum absolute atomic E-state index is 13.2. The minimum atomic E-state index is -0.392. The molecule has 1 unspecified atom stereocenters. The van der Waals surface area contributed by atoms with Crippen LogP contribution in [-0.2, 0) is 0 Å². The number of furan rings is 1. The Morgan fingerprint density at radius 1 is 1.14 bits per heavy atom. The molecule has 108 valence electrons. The van der Waals surface area contributed by atoms with E-state index in [0.29, 0.717) is 23.3 Å². The predicted octanol–water partition coefficient (Wildman–Crippen LogP) is 4.02. The molecular weight excluding hydrogens is 269 g/mol. The van der Waals surface area contributed by atoms with E-state index in [9.17, 15) is 4.39 Å². The number of hydrogen-bond acceptors (Lipinski definition) is 3. The molecule has 0 aliphatic heterocycles. The molecule has 0 aliphatic carbocycles. The fourth-order valence-electron chi connectivity index (χ4n) is 2.29. The second-order valence-electron chi connectivity index (χ2n) is 4.81. The minimum Gasteiger partial charge on any atom is -0.494 e. The van der Waals surface area contributed by atoms with Crippen LogP contribution in [-0.4, -0.2) is 6.61 Å². The van der Waals surface area contributed by atoms with Gasteiger partial charge in [0.2, 0.25) is 0 Å². The van der Waals surface area contributed by atoms with Crippen LogP contribution in [0.2, 0.25) is 0 Å². The molecule has 2 aromatic carbocycles. The average molecular weight is 285 g/mol. The predicted molar refractivity (Wildman–Crippen MR) is 79.8 cm³/mol. The summed E-state index contributed by atoms with van der Waals surface area (Å²) < 4.78 is 24.3. The van der Waals surface area contributed by atoms with E-state index in [-0.39, 0.29) is 5.82 Å². The number of halogens is 1. The molecule has 1 heterocycles. The lowest BCUT2D eigenvalue weighted by atomic mass is 10.1. The third kappa shape index (κ3) is 2.76. The minimum absolute atomic E-state index is 0.288. The van der Waals surface area contributed by atoms with E-state index in [2.05, 4.69) is 0 Å². The first-order chi connectivity index (χ1) is 10.2. The Kier molecular flexibility index (Phi) is 3.62. The summed E-state index contributed by atoms with van der Waals surface area (Å²) in [5, 5.41) is 0.714. The molecule has 3 rings (SSSR count). The Morgan fingerprint density at radius 2 is 1.90 bits per heavy atom. The summed E-state index contributed by atoms with van der Waals surface area (Å²) in [6.07, 6.45) is 0. The van der Waals surface area contributed by atoms with Crippen molar-refractivity contribution >= 4 is 11.0 Å². The first kappa shape index (κ1) is 13.6. The molecule has 1 atom stereocenters. The van der Waals surface area contributed by atoms with Crippen LogP contribution in [0.1, 0.15) is 24.3 Å². The van der Waals surface area contributed by atoms with E-state index in [0.717, 1.165) is 11.3 Å². The third-order valence-electron chi connectivity index (χ3n) is 3.35. The molecule has 3 nitrogen and oxygen atoms in total. The van der Waals surface area contributed by atoms with Crippen molar-refractivity contribution in [2.24, 2.45) is 5.73 Å². The van der Waals surface area contributed by atoms with Crippen LogP contribution < -0.4 is 10.5 Å². The maximum atomic E-state index is 13.2. The van der Waals surface area contributed by atoms with Gasteiger partial charge >= 0.3 is 0 Å². The van der Waals surface area contributed by atoms with Crippen LogP contribution >= 0.6 is 0 Å². The Bertz CT molecular complexity index is 749. The Morgan fingerprint density at radius 3 is 2.62 bits per heavy atom. The fraction of sp³-hybridized carbons (Fsp3) is 0.176. The van der Waals surface area contributed by atoms with Gasteiger partial charge in [0, 0.05) is 5.39 Å². The maximum Gasteiger partial charge on any atom is 0.134 e.